The van der Waals surface area contributed by atoms with Crippen molar-refractivity contribution in [1.29, 1.82) is 0 Å². The molecule has 2 amide bonds. The van der Waals surface area contributed by atoms with Crippen LogP contribution in [-0.2, 0) is 14.4 Å². The van der Waals surface area contributed by atoms with Gasteiger partial charge in [-0.15, -0.1) is 0 Å². The van der Waals surface area contributed by atoms with Crippen molar-refractivity contribution in [3.8, 4) is 0 Å². The molecule has 6 heteroatoms. The van der Waals surface area contributed by atoms with E-state index in [9.17, 15) is 14.4 Å². The Morgan fingerprint density at radius 2 is 2.25 bits per heavy atom. The molecular weight excluding hydrogens is 212 g/mol. The Morgan fingerprint density at radius 1 is 1.62 bits per heavy atom. The molecule has 1 heterocycles. The van der Waals surface area contributed by atoms with Crippen molar-refractivity contribution in [1.82, 2.24) is 10.2 Å². The van der Waals surface area contributed by atoms with Crippen LogP contribution in [0.25, 0.3) is 0 Å². The standard InChI is InChI=1S/C10H16N2O4/c1-3-12(6(2)4-9(14)15)7-5-8(13)11-10(7)16/h6-7H,3-5H2,1-2H3,(H,14,15)(H,11,13,16). The Kier molecular flexibility index (Phi) is 4.00. The maximum Gasteiger partial charge on any atom is 0.304 e. The zero-order valence-electron chi connectivity index (χ0n) is 9.40. The second kappa shape index (κ2) is 5.07. The molecule has 0 bridgehead atoms. The van der Waals surface area contributed by atoms with Crippen molar-refractivity contribution in [2.45, 2.75) is 38.8 Å². The van der Waals surface area contributed by atoms with Gasteiger partial charge in [0.25, 0.3) is 0 Å². The van der Waals surface area contributed by atoms with Crippen LogP contribution in [0.2, 0.25) is 0 Å². The predicted molar refractivity (Wildman–Crippen MR) is 55.6 cm³/mol. The Bertz CT molecular complexity index is 316. The molecule has 0 aromatic heterocycles. The smallest absolute Gasteiger partial charge is 0.304 e. The van der Waals surface area contributed by atoms with Gasteiger partial charge in [0.05, 0.1) is 18.9 Å². The molecule has 6 nitrogen and oxygen atoms in total. The zero-order chi connectivity index (χ0) is 12.3. The van der Waals surface area contributed by atoms with Crippen molar-refractivity contribution in [2.75, 3.05) is 6.54 Å². The lowest BCUT2D eigenvalue weighted by Gasteiger charge is -2.30. The highest BCUT2D eigenvalue weighted by atomic mass is 16.4. The third-order valence-corrected chi connectivity index (χ3v) is 2.75. The lowest BCUT2D eigenvalue weighted by molar-refractivity contribution is -0.139. The number of imide groups is 1. The first-order valence-corrected chi connectivity index (χ1v) is 5.27. The summed E-state index contributed by atoms with van der Waals surface area (Å²) in [5.41, 5.74) is 0. The van der Waals surface area contributed by atoms with Crippen LogP contribution in [0.15, 0.2) is 0 Å². The molecule has 2 N–H and O–H groups in total. The summed E-state index contributed by atoms with van der Waals surface area (Å²) in [6, 6.07) is -0.781. The number of likely N-dealkylation sites (N-methyl/N-ethyl adjacent to an activating group) is 1. The fraction of sp³-hybridized carbons (Fsp3) is 0.700. The predicted octanol–water partition coefficient (Wildman–Crippen LogP) is -0.413. The topological polar surface area (TPSA) is 86.7 Å². The van der Waals surface area contributed by atoms with Crippen molar-refractivity contribution < 1.29 is 19.5 Å². The molecule has 1 fully saturated rings. The van der Waals surface area contributed by atoms with E-state index in [4.69, 9.17) is 5.11 Å². The number of hydrogen-bond donors (Lipinski definition) is 2. The summed E-state index contributed by atoms with van der Waals surface area (Å²) in [5.74, 6) is -1.53. The molecule has 1 saturated heterocycles. The van der Waals surface area contributed by atoms with E-state index in [2.05, 4.69) is 5.32 Å². The lowest BCUT2D eigenvalue weighted by atomic mass is 10.1. The van der Waals surface area contributed by atoms with Gasteiger partial charge in [0.15, 0.2) is 0 Å². The largest absolute Gasteiger partial charge is 0.481 e. The number of carboxylic acid groups (broad SMARTS) is 1. The molecule has 0 saturated carbocycles. The van der Waals surface area contributed by atoms with E-state index in [0.29, 0.717) is 6.54 Å². The van der Waals surface area contributed by atoms with Crippen molar-refractivity contribution >= 4 is 17.8 Å². The van der Waals surface area contributed by atoms with Gasteiger partial charge in [0, 0.05) is 6.04 Å². The van der Waals surface area contributed by atoms with Crippen LogP contribution in [0, 0.1) is 0 Å². The van der Waals surface area contributed by atoms with Gasteiger partial charge < -0.3 is 5.11 Å². The third kappa shape index (κ3) is 2.79. The molecule has 2 unspecified atom stereocenters. The minimum absolute atomic E-state index is 0.0359. The van der Waals surface area contributed by atoms with Crippen molar-refractivity contribution in [3.05, 3.63) is 0 Å². The normalized spacial score (nSPS) is 22.3. The number of nitrogens with zero attached hydrogens (tertiary/aromatic N) is 1. The summed E-state index contributed by atoms with van der Waals surface area (Å²) in [6.07, 6.45) is 0.0858. The first kappa shape index (κ1) is 12.6. The molecule has 1 rings (SSSR count). The molecule has 0 aliphatic carbocycles. The highest BCUT2D eigenvalue weighted by Crippen LogP contribution is 2.15. The first-order valence-electron chi connectivity index (χ1n) is 5.27. The number of rotatable bonds is 5. The van der Waals surface area contributed by atoms with E-state index in [1.54, 1.807) is 11.8 Å². The Balaban J connectivity index is 2.70. The van der Waals surface area contributed by atoms with E-state index in [1.807, 2.05) is 6.92 Å². The van der Waals surface area contributed by atoms with Gasteiger partial charge in [-0.2, -0.15) is 0 Å². The van der Waals surface area contributed by atoms with Crippen LogP contribution in [0.5, 0.6) is 0 Å². The molecule has 90 valence electrons. The van der Waals surface area contributed by atoms with Gasteiger partial charge in [0.1, 0.15) is 0 Å². The van der Waals surface area contributed by atoms with Gasteiger partial charge in [-0.25, -0.2) is 0 Å². The van der Waals surface area contributed by atoms with Gasteiger partial charge in [0.2, 0.25) is 11.8 Å². The second-order valence-corrected chi connectivity index (χ2v) is 3.91. The number of aliphatic carboxylic acids is 1. The molecular formula is C10H16N2O4. The third-order valence-electron chi connectivity index (χ3n) is 2.75. The van der Waals surface area contributed by atoms with Crippen LogP contribution in [-0.4, -0.2) is 46.4 Å². The molecule has 0 aromatic carbocycles. The van der Waals surface area contributed by atoms with E-state index in [-0.39, 0.29) is 30.7 Å². The summed E-state index contributed by atoms with van der Waals surface area (Å²) in [4.78, 5) is 34.8. The summed E-state index contributed by atoms with van der Waals surface area (Å²) >= 11 is 0. The van der Waals surface area contributed by atoms with Crippen LogP contribution in [0.3, 0.4) is 0 Å². The first-order chi connectivity index (χ1) is 7.45. The number of carbonyl (C=O) groups excluding carboxylic acids is 2. The summed E-state index contributed by atoms with van der Waals surface area (Å²) in [5, 5.41) is 10.9. The maximum absolute atomic E-state index is 11.5. The monoisotopic (exact) mass is 228 g/mol. The van der Waals surface area contributed by atoms with E-state index in [1.165, 1.54) is 0 Å². The van der Waals surface area contributed by atoms with Crippen LogP contribution in [0.4, 0.5) is 0 Å². The molecule has 1 aliphatic rings. The number of carboxylic acids is 1. The lowest BCUT2D eigenvalue weighted by Crippen LogP contribution is -2.46. The van der Waals surface area contributed by atoms with E-state index >= 15 is 0 Å². The molecule has 0 spiro atoms. The highest BCUT2D eigenvalue weighted by molar-refractivity contribution is 6.05. The van der Waals surface area contributed by atoms with E-state index in [0.717, 1.165) is 0 Å². The number of nitrogens with one attached hydrogen (secondary N) is 1. The summed E-state index contributed by atoms with van der Waals surface area (Å²) in [6.45, 7) is 4.13. The minimum Gasteiger partial charge on any atom is -0.481 e. The molecule has 16 heavy (non-hydrogen) atoms. The second-order valence-electron chi connectivity index (χ2n) is 3.91. The summed E-state index contributed by atoms with van der Waals surface area (Å²) in [7, 11) is 0. The minimum atomic E-state index is -0.907. The SMILES string of the molecule is CCN(C(C)CC(=O)O)C1CC(=O)NC1=O. The van der Waals surface area contributed by atoms with Gasteiger partial charge in [-0.05, 0) is 13.5 Å². The molecule has 0 radical (unpaired) electrons. The van der Waals surface area contributed by atoms with E-state index < -0.39 is 12.0 Å². The molecule has 0 aromatic rings. The maximum atomic E-state index is 11.5. The van der Waals surface area contributed by atoms with Crippen LogP contribution < -0.4 is 5.32 Å². The number of carbonyl (C=O) groups is 3. The van der Waals surface area contributed by atoms with Crippen LogP contribution in [0.1, 0.15) is 26.7 Å². The number of amides is 2. The Morgan fingerprint density at radius 3 is 2.62 bits per heavy atom. The van der Waals surface area contributed by atoms with Gasteiger partial charge in [-0.3, -0.25) is 24.6 Å². The fourth-order valence-electron chi connectivity index (χ4n) is 2.02. The quantitative estimate of drug-likeness (QED) is 0.624. The van der Waals surface area contributed by atoms with Crippen LogP contribution >= 0.6 is 0 Å². The Hall–Kier alpha value is -1.43. The average Bonchev–Trinajstić information content (AvgIpc) is 2.45. The number of hydrogen-bond acceptors (Lipinski definition) is 4. The molecule has 1 aliphatic heterocycles. The van der Waals surface area contributed by atoms with Crippen molar-refractivity contribution in [3.63, 3.8) is 0 Å². The molecule has 2 atom stereocenters. The summed E-state index contributed by atoms with van der Waals surface area (Å²) < 4.78 is 0. The van der Waals surface area contributed by atoms with Crippen molar-refractivity contribution in [2.24, 2.45) is 0 Å². The highest BCUT2D eigenvalue weighted by Gasteiger charge is 2.36. The van der Waals surface area contributed by atoms with Gasteiger partial charge in [-0.1, -0.05) is 6.92 Å². The van der Waals surface area contributed by atoms with Gasteiger partial charge >= 0.3 is 5.97 Å². The zero-order valence-corrected chi connectivity index (χ0v) is 9.40. The fourth-order valence-corrected chi connectivity index (χ4v) is 2.02. The Labute approximate surface area is 93.6 Å². The average molecular weight is 228 g/mol.